The average molecular weight is 352 g/mol. The van der Waals surface area contributed by atoms with Crippen LogP contribution in [0.5, 0.6) is 5.75 Å². The number of hydrogen-bond acceptors (Lipinski definition) is 2. The first-order valence-corrected chi connectivity index (χ1v) is 7.54. The smallest absolute Gasteiger partial charge is 0.128 e. The lowest BCUT2D eigenvalue weighted by Crippen LogP contribution is -2.20. The van der Waals surface area contributed by atoms with Crippen molar-refractivity contribution >= 4 is 15.9 Å². The third-order valence-corrected chi connectivity index (χ3v) is 4.43. The van der Waals surface area contributed by atoms with E-state index in [0.29, 0.717) is 5.56 Å². The average Bonchev–Trinajstić information content (AvgIpc) is 2.45. The molecule has 0 fully saturated rings. The van der Waals surface area contributed by atoms with Crippen LogP contribution in [0.2, 0.25) is 0 Å². The summed E-state index contributed by atoms with van der Waals surface area (Å²) in [5.74, 6) is 0.531. The Balaban J connectivity index is 2.58. The molecule has 21 heavy (non-hydrogen) atoms. The zero-order valence-corrected chi connectivity index (χ0v) is 14.2. The molecule has 0 heterocycles. The molecule has 1 atom stereocenters. The van der Waals surface area contributed by atoms with Crippen molar-refractivity contribution in [1.82, 2.24) is 5.32 Å². The van der Waals surface area contributed by atoms with E-state index in [1.54, 1.807) is 13.2 Å². The third-order valence-electron chi connectivity index (χ3n) is 3.58. The van der Waals surface area contributed by atoms with Gasteiger partial charge in [0, 0.05) is 15.6 Å². The fourth-order valence-corrected chi connectivity index (χ4v) is 2.78. The van der Waals surface area contributed by atoms with Gasteiger partial charge in [0.15, 0.2) is 0 Å². The van der Waals surface area contributed by atoms with Crippen LogP contribution in [0.1, 0.15) is 28.3 Å². The summed E-state index contributed by atoms with van der Waals surface area (Å²) in [6, 6.07) is 8.95. The monoisotopic (exact) mass is 351 g/mol. The van der Waals surface area contributed by atoms with Crippen molar-refractivity contribution in [3.63, 3.8) is 0 Å². The van der Waals surface area contributed by atoms with Gasteiger partial charge in [-0.05, 0) is 50.2 Å². The molecule has 0 saturated heterocycles. The molecule has 0 radical (unpaired) electrons. The van der Waals surface area contributed by atoms with Crippen LogP contribution in [0.15, 0.2) is 34.8 Å². The zero-order chi connectivity index (χ0) is 15.6. The Morgan fingerprint density at radius 1 is 1.14 bits per heavy atom. The van der Waals surface area contributed by atoms with Gasteiger partial charge in [-0.15, -0.1) is 0 Å². The third kappa shape index (κ3) is 3.27. The Labute approximate surface area is 133 Å². The van der Waals surface area contributed by atoms with Crippen LogP contribution in [0, 0.1) is 19.7 Å². The van der Waals surface area contributed by atoms with Crippen LogP contribution >= 0.6 is 15.9 Å². The highest BCUT2D eigenvalue weighted by atomic mass is 79.9. The molecular formula is C17H19BrFNO. The van der Waals surface area contributed by atoms with Gasteiger partial charge in [-0.1, -0.05) is 28.1 Å². The minimum Gasteiger partial charge on any atom is -0.496 e. The summed E-state index contributed by atoms with van der Waals surface area (Å²) in [6.07, 6.45) is 0. The molecule has 2 rings (SSSR count). The van der Waals surface area contributed by atoms with E-state index < -0.39 is 0 Å². The first kappa shape index (κ1) is 16.0. The Kier molecular flexibility index (Phi) is 5.01. The molecule has 2 aromatic rings. The van der Waals surface area contributed by atoms with E-state index in [0.717, 1.165) is 26.9 Å². The second-order valence-electron chi connectivity index (χ2n) is 5.09. The number of hydrogen-bond donors (Lipinski definition) is 1. The van der Waals surface area contributed by atoms with Crippen molar-refractivity contribution in [1.29, 1.82) is 0 Å². The van der Waals surface area contributed by atoms with Gasteiger partial charge in [0.05, 0.1) is 13.2 Å². The van der Waals surface area contributed by atoms with Crippen molar-refractivity contribution in [2.24, 2.45) is 0 Å². The molecular weight excluding hydrogens is 333 g/mol. The maximum Gasteiger partial charge on any atom is 0.128 e. The second-order valence-corrected chi connectivity index (χ2v) is 5.94. The Hall–Kier alpha value is -1.39. The summed E-state index contributed by atoms with van der Waals surface area (Å²) >= 11 is 3.53. The number of rotatable bonds is 4. The molecule has 2 aromatic carbocycles. The fourth-order valence-electron chi connectivity index (χ4n) is 2.42. The van der Waals surface area contributed by atoms with Gasteiger partial charge in [-0.2, -0.15) is 0 Å². The standard InChI is InChI=1S/C17H19BrFNO/c1-10-5-6-12(15(19)7-10)17(20-3)13-9-14(18)11(2)8-16(13)21-4/h5-9,17,20H,1-4H3. The molecule has 0 spiro atoms. The molecule has 0 amide bonds. The first-order valence-electron chi connectivity index (χ1n) is 6.75. The molecule has 1 N–H and O–H groups in total. The van der Waals surface area contributed by atoms with E-state index in [4.69, 9.17) is 4.74 Å². The predicted octanol–water partition coefficient (Wildman–Crippen LogP) is 4.52. The van der Waals surface area contributed by atoms with Crippen LogP contribution in [0.4, 0.5) is 4.39 Å². The van der Waals surface area contributed by atoms with Crippen LogP contribution in [0.3, 0.4) is 0 Å². The van der Waals surface area contributed by atoms with Gasteiger partial charge in [0.2, 0.25) is 0 Å². The van der Waals surface area contributed by atoms with Crippen LogP contribution < -0.4 is 10.1 Å². The van der Waals surface area contributed by atoms with Crippen molar-refractivity contribution < 1.29 is 9.13 Å². The lowest BCUT2D eigenvalue weighted by molar-refractivity contribution is 0.404. The molecule has 0 aromatic heterocycles. The van der Waals surface area contributed by atoms with Crippen LogP contribution in [-0.2, 0) is 0 Å². The van der Waals surface area contributed by atoms with Gasteiger partial charge >= 0.3 is 0 Å². The van der Waals surface area contributed by atoms with Gasteiger partial charge < -0.3 is 10.1 Å². The number of benzene rings is 2. The molecule has 0 saturated carbocycles. The predicted molar refractivity (Wildman–Crippen MR) is 87.5 cm³/mol. The molecule has 0 aliphatic heterocycles. The number of nitrogens with one attached hydrogen (secondary N) is 1. The Bertz CT molecular complexity index is 657. The highest BCUT2D eigenvalue weighted by Gasteiger charge is 2.21. The lowest BCUT2D eigenvalue weighted by Gasteiger charge is -2.21. The molecule has 112 valence electrons. The van der Waals surface area contributed by atoms with Crippen molar-refractivity contribution in [3.8, 4) is 5.75 Å². The van der Waals surface area contributed by atoms with Crippen LogP contribution in [-0.4, -0.2) is 14.2 Å². The number of ether oxygens (including phenoxy) is 1. The molecule has 0 aliphatic carbocycles. The lowest BCUT2D eigenvalue weighted by atomic mass is 9.95. The maximum atomic E-state index is 14.3. The Morgan fingerprint density at radius 2 is 1.86 bits per heavy atom. The van der Waals surface area contributed by atoms with E-state index in [1.165, 1.54) is 0 Å². The van der Waals surface area contributed by atoms with Crippen LogP contribution in [0.25, 0.3) is 0 Å². The summed E-state index contributed by atoms with van der Waals surface area (Å²) in [4.78, 5) is 0. The minimum absolute atomic E-state index is 0.215. The van der Waals surface area contributed by atoms with Crippen molar-refractivity contribution in [3.05, 3.63) is 62.9 Å². The van der Waals surface area contributed by atoms with E-state index in [2.05, 4.69) is 21.2 Å². The van der Waals surface area contributed by atoms with E-state index in [1.807, 2.05) is 45.2 Å². The largest absolute Gasteiger partial charge is 0.496 e. The van der Waals surface area contributed by atoms with Gasteiger partial charge in [0.25, 0.3) is 0 Å². The molecule has 1 unspecified atom stereocenters. The highest BCUT2D eigenvalue weighted by molar-refractivity contribution is 9.10. The maximum absolute atomic E-state index is 14.3. The summed E-state index contributed by atoms with van der Waals surface area (Å²) in [5, 5.41) is 3.18. The zero-order valence-electron chi connectivity index (χ0n) is 12.6. The van der Waals surface area contributed by atoms with Gasteiger partial charge in [-0.3, -0.25) is 0 Å². The second kappa shape index (κ2) is 6.58. The van der Waals surface area contributed by atoms with Crippen molar-refractivity contribution in [2.45, 2.75) is 19.9 Å². The molecule has 0 aliphatic rings. The summed E-state index contributed by atoms with van der Waals surface area (Å²) in [7, 11) is 3.45. The fraction of sp³-hybridized carbons (Fsp3) is 0.294. The summed E-state index contributed by atoms with van der Waals surface area (Å²) < 4.78 is 20.7. The quantitative estimate of drug-likeness (QED) is 0.873. The van der Waals surface area contributed by atoms with E-state index >= 15 is 0 Å². The number of methoxy groups -OCH3 is 1. The summed E-state index contributed by atoms with van der Waals surface area (Å²) in [6.45, 7) is 3.88. The van der Waals surface area contributed by atoms with Gasteiger partial charge in [0.1, 0.15) is 11.6 Å². The van der Waals surface area contributed by atoms with Gasteiger partial charge in [-0.25, -0.2) is 4.39 Å². The van der Waals surface area contributed by atoms with E-state index in [-0.39, 0.29) is 11.9 Å². The SMILES string of the molecule is CNC(c1ccc(C)cc1F)c1cc(Br)c(C)cc1OC. The molecule has 2 nitrogen and oxygen atoms in total. The topological polar surface area (TPSA) is 21.3 Å². The number of halogens is 2. The Morgan fingerprint density at radius 3 is 2.43 bits per heavy atom. The van der Waals surface area contributed by atoms with E-state index in [9.17, 15) is 4.39 Å². The number of aryl methyl sites for hydroxylation is 2. The summed E-state index contributed by atoms with van der Waals surface area (Å²) in [5.41, 5.74) is 3.50. The minimum atomic E-state index is -0.266. The van der Waals surface area contributed by atoms with Crippen molar-refractivity contribution in [2.75, 3.05) is 14.2 Å². The molecule has 0 bridgehead atoms. The highest BCUT2D eigenvalue weighted by Crippen LogP contribution is 2.35. The molecule has 4 heteroatoms. The first-order chi connectivity index (χ1) is 9.97. The normalized spacial score (nSPS) is 12.3.